The van der Waals surface area contributed by atoms with Crippen molar-refractivity contribution in [1.29, 1.82) is 0 Å². The molecule has 5 fully saturated rings. The molecule has 4 bridgehead atoms. The first-order chi connectivity index (χ1) is 10.2. The molecule has 118 valence electrons. The molecule has 1 saturated heterocycles. The SMILES string of the molecule is O=C(CC12CC3CC(CC(C3)C1)C2)N1CCOC(CBr)C1. The van der Waals surface area contributed by atoms with Gasteiger partial charge < -0.3 is 9.64 Å². The van der Waals surface area contributed by atoms with Gasteiger partial charge in [0.1, 0.15) is 0 Å². The van der Waals surface area contributed by atoms with E-state index in [2.05, 4.69) is 20.8 Å². The second kappa shape index (κ2) is 5.52. The molecule has 3 nitrogen and oxygen atoms in total. The Kier molecular flexibility index (Phi) is 3.81. The number of hydrogen-bond donors (Lipinski definition) is 0. The summed E-state index contributed by atoms with van der Waals surface area (Å²) in [6.07, 6.45) is 9.35. The number of morpholine rings is 1. The van der Waals surface area contributed by atoms with Gasteiger partial charge in [-0.1, -0.05) is 15.9 Å². The van der Waals surface area contributed by atoms with Gasteiger partial charge >= 0.3 is 0 Å². The van der Waals surface area contributed by atoms with Crippen molar-refractivity contribution in [2.45, 2.75) is 51.0 Å². The number of alkyl halides is 1. The number of halogens is 1. The van der Waals surface area contributed by atoms with Gasteiger partial charge in [0.15, 0.2) is 0 Å². The molecule has 4 aliphatic carbocycles. The summed E-state index contributed by atoms with van der Waals surface area (Å²) in [5.74, 6) is 3.20. The van der Waals surface area contributed by atoms with Crippen LogP contribution < -0.4 is 0 Å². The first-order valence-corrected chi connectivity index (χ1v) is 9.73. The number of rotatable bonds is 3. The van der Waals surface area contributed by atoms with E-state index in [1.54, 1.807) is 0 Å². The number of amides is 1. The van der Waals surface area contributed by atoms with Gasteiger partial charge in [-0.25, -0.2) is 0 Å². The second-order valence-electron chi connectivity index (χ2n) is 8.08. The summed E-state index contributed by atoms with van der Waals surface area (Å²) in [7, 11) is 0. The normalized spacial score (nSPS) is 45.1. The first-order valence-electron chi connectivity index (χ1n) is 8.61. The Bertz CT molecular complexity index is 390. The van der Waals surface area contributed by atoms with E-state index < -0.39 is 0 Å². The number of nitrogens with zero attached hydrogens (tertiary/aromatic N) is 1. The van der Waals surface area contributed by atoms with Crippen molar-refractivity contribution in [3.05, 3.63) is 0 Å². The molecule has 0 N–H and O–H groups in total. The Labute approximate surface area is 135 Å². The van der Waals surface area contributed by atoms with Crippen molar-refractivity contribution < 1.29 is 9.53 Å². The second-order valence-corrected chi connectivity index (χ2v) is 8.73. The molecule has 0 spiro atoms. The van der Waals surface area contributed by atoms with Crippen LogP contribution in [0.3, 0.4) is 0 Å². The lowest BCUT2D eigenvalue weighted by atomic mass is 9.49. The maximum absolute atomic E-state index is 12.8. The van der Waals surface area contributed by atoms with Gasteiger partial charge in [-0.05, 0) is 61.7 Å². The summed E-state index contributed by atoms with van der Waals surface area (Å²) in [6.45, 7) is 2.26. The molecule has 5 aliphatic rings. The molecule has 0 aromatic carbocycles. The van der Waals surface area contributed by atoms with Crippen LogP contribution in [0.15, 0.2) is 0 Å². The monoisotopic (exact) mass is 355 g/mol. The fraction of sp³-hybridized carbons (Fsp3) is 0.941. The Balaban J connectivity index is 1.42. The highest BCUT2D eigenvalue weighted by Gasteiger charge is 2.51. The third-order valence-corrected chi connectivity index (χ3v) is 7.08. The molecule has 1 unspecified atom stereocenters. The lowest BCUT2D eigenvalue weighted by Crippen LogP contribution is -2.51. The highest BCUT2D eigenvalue weighted by molar-refractivity contribution is 9.09. The molecule has 4 saturated carbocycles. The Morgan fingerprint density at radius 2 is 1.76 bits per heavy atom. The van der Waals surface area contributed by atoms with Gasteiger partial charge in [-0.2, -0.15) is 0 Å². The van der Waals surface area contributed by atoms with Crippen molar-refractivity contribution in [3.63, 3.8) is 0 Å². The van der Waals surface area contributed by atoms with Crippen molar-refractivity contribution in [2.24, 2.45) is 23.2 Å². The maximum atomic E-state index is 12.8. The molecule has 1 aliphatic heterocycles. The fourth-order valence-corrected chi connectivity index (χ4v) is 6.37. The summed E-state index contributed by atoms with van der Waals surface area (Å²) >= 11 is 3.48. The standard InChI is InChI=1S/C17H26BrNO2/c18-10-15-11-19(1-2-21-15)16(20)9-17-6-12-3-13(7-17)5-14(4-12)8-17/h12-15H,1-11H2. The molecule has 5 rings (SSSR count). The third kappa shape index (κ3) is 2.78. The number of ether oxygens (including phenoxy) is 1. The van der Waals surface area contributed by atoms with Crippen LogP contribution in [0, 0.1) is 23.2 Å². The summed E-state index contributed by atoms with van der Waals surface area (Å²) in [5.41, 5.74) is 0.369. The van der Waals surface area contributed by atoms with E-state index >= 15 is 0 Å². The zero-order valence-corrected chi connectivity index (χ0v) is 14.3. The molecular weight excluding hydrogens is 330 g/mol. The smallest absolute Gasteiger partial charge is 0.223 e. The van der Waals surface area contributed by atoms with E-state index in [0.29, 0.717) is 17.9 Å². The topological polar surface area (TPSA) is 29.5 Å². The predicted molar refractivity (Wildman–Crippen MR) is 85.3 cm³/mol. The van der Waals surface area contributed by atoms with E-state index in [4.69, 9.17) is 4.74 Å². The Hall–Kier alpha value is -0.0900. The molecule has 1 heterocycles. The average Bonchev–Trinajstić information content (AvgIpc) is 2.45. The van der Waals surface area contributed by atoms with Crippen LogP contribution in [-0.4, -0.2) is 41.9 Å². The molecule has 21 heavy (non-hydrogen) atoms. The van der Waals surface area contributed by atoms with E-state index in [-0.39, 0.29) is 6.10 Å². The van der Waals surface area contributed by atoms with Gasteiger partial charge in [0.25, 0.3) is 0 Å². The minimum Gasteiger partial charge on any atom is -0.374 e. The lowest BCUT2D eigenvalue weighted by Gasteiger charge is -2.57. The molecule has 0 aromatic rings. The molecule has 1 amide bonds. The molecular formula is C17H26BrNO2. The van der Waals surface area contributed by atoms with Crippen LogP contribution in [0.1, 0.15) is 44.9 Å². The highest BCUT2D eigenvalue weighted by atomic mass is 79.9. The van der Waals surface area contributed by atoms with Gasteiger partial charge in [0.05, 0.1) is 12.7 Å². The number of hydrogen-bond acceptors (Lipinski definition) is 2. The number of carbonyl (C=O) groups is 1. The van der Waals surface area contributed by atoms with Crippen molar-refractivity contribution in [1.82, 2.24) is 4.90 Å². The van der Waals surface area contributed by atoms with Crippen LogP contribution in [0.5, 0.6) is 0 Å². The van der Waals surface area contributed by atoms with Crippen LogP contribution >= 0.6 is 15.9 Å². The molecule has 1 atom stereocenters. The minimum atomic E-state index is 0.180. The quantitative estimate of drug-likeness (QED) is 0.727. The maximum Gasteiger partial charge on any atom is 0.223 e. The minimum absolute atomic E-state index is 0.180. The van der Waals surface area contributed by atoms with Crippen molar-refractivity contribution in [2.75, 3.05) is 25.0 Å². The first kappa shape index (κ1) is 14.5. The van der Waals surface area contributed by atoms with Gasteiger partial charge in [0, 0.05) is 24.8 Å². The molecule has 0 radical (unpaired) electrons. The van der Waals surface area contributed by atoms with Crippen LogP contribution in [0.4, 0.5) is 0 Å². The Morgan fingerprint density at radius 3 is 2.33 bits per heavy atom. The van der Waals surface area contributed by atoms with E-state index in [1.807, 2.05) is 0 Å². The van der Waals surface area contributed by atoms with Crippen LogP contribution in [-0.2, 0) is 9.53 Å². The van der Waals surface area contributed by atoms with Crippen LogP contribution in [0.2, 0.25) is 0 Å². The van der Waals surface area contributed by atoms with Gasteiger partial charge in [-0.3, -0.25) is 4.79 Å². The number of carbonyl (C=O) groups excluding carboxylic acids is 1. The zero-order chi connectivity index (χ0) is 14.4. The summed E-state index contributed by atoms with van der Waals surface area (Å²) in [6, 6.07) is 0. The van der Waals surface area contributed by atoms with E-state index in [0.717, 1.165) is 42.6 Å². The van der Waals surface area contributed by atoms with E-state index in [9.17, 15) is 4.79 Å². The summed E-state index contributed by atoms with van der Waals surface area (Å²) < 4.78 is 5.66. The van der Waals surface area contributed by atoms with Gasteiger partial charge in [-0.15, -0.1) is 0 Å². The third-order valence-electron chi connectivity index (χ3n) is 6.35. The molecule has 0 aromatic heterocycles. The fourth-order valence-electron chi connectivity index (χ4n) is 5.98. The van der Waals surface area contributed by atoms with E-state index in [1.165, 1.54) is 38.5 Å². The average molecular weight is 356 g/mol. The van der Waals surface area contributed by atoms with Crippen molar-refractivity contribution in [3.8, 4) is 0 Å². The largest absolute Gasteiger partial charge is 0.374 e. The summed E-state index contributed by atoms with van der Waals surface area (Å²) in [5, 5.41) is 0.828. The lowest BCUT2D eigenvalue weighted by molar-refractivity contribution is -0.145. The molecule has 4 heteroatoms. The highest BCUT2D eigenvalue weighted by Crippen LogP contribution is 2.61. The van der Waals surface area contributed by atoms with Crippen molar-refractivity contribution >= 4 is 21.8 Å². The zero-order valence-electron chi connectivity index (χ0n) is 12.7. The predicted octanol–water partition coefficient (Wildman–Crippen LogP) is 3.22. The Morgan fingerprint density at radius 1 is 1.14 bits per heavy atom. The van der Waals surface area contributed by atoms with Crippen LogP contribution in [0.25, 0.3) is 0 Å². The summed E-state index contributed by atoms with van der Waals surface area (Å²) in [4.78, 5) is 14.9. The van der Waals surface area contributed by atoms with Gasteiger partial charge in [0.2, 0.25) is 5.91 Å².